The van der Waals surface area contributed by atoms with Gasteiger partial charge in [0.2, 0.25) is 5.91 Å². The fraction of sp³-hybridized carbons (Fsp3) is 0.480. The van der Waals surface area contributed by atoms with E-state index in [1.54, 1.807) is 4.90 Å². The standard InChI is InChI=1S/C25H30F3N3O/c26-25(27,28)24(12-15-31(19-24)18-21-6-2-1-3-7-21)23(32)29-16-20-8-10-22(11-9-20)17-30-13-4-5-14-30/h1-3,6-11H,4-5,12-19H2,(H,29,32). The smallest absolute Gasteiger partial charge is 0.351 e. The number of hydrogen-bond donors (Lipinski definition) is 1. The fourth-order valence-electron chi connectivity index (χ4n) is 4.72. The Bertz CT molecular complexity index is 895. The summed E-state index contributed by atoms with van der Waals surface area (Å²) in [6, 6.07) is 17.2. The van der Waals surface area contributed by atoms with Crippen LogP contribution in [0.1, 0.15) is 36.0 Å². The minimum absolute atomic E-state index is 0.0966. The van der Waals surface area contributed by atoms with E-state index < -0.39 is 17.5 Å². The molecule has 2 saturated heterocycles. The van der Waals surface area contributed by atoms with Crippen LogP contribution in [0.3, 0.4) is 0 Å². The predicted octanol–water partition coefficient (Wildman–Crippen LogP) is 4.35. The molecule has 32 heavy (non-hydrogen) atoms. The van der Waals surface area contributed by atoms with Gasteiger partial charge in [-0.2, -0.15) is 13.2 Å². The van der Waals surface area contributed by atoms with Crippen LogP contribution in [0, 0.1) is 5.41 Å². The zero-order chi connectivity index (χ0) is 22.6. The summed E-state index contributed by atoms with van der Waals surface area (Å²) in [5, 5.41) is 2.57. The van der Waals surface area contributed by atoms with Gasteiger partial charge in [-0.3, -0.25) is 14.6 Å². The van der Waals surface area contributed by atoms with E-state index in [1.165, 1.54) is 18.4 Å². The molecule has 0 bridgehead atoms. The van der Waals surface area contributed by atoms with Crippen LogP contribution >= 0.6 is 0 Å². The quantitative estimate of drug-likeness (QED) is 0.688. The number of alkyl halides is 3. The first-order valence-electron chi connectivity index (χ1n) is 11.3. The van der Waals surface area contributed by atoms with Gasteiger partial charge in [-0.15, -0.1) is 0 Å². The summed E-state index contributed by atoms with van der Waals surface area (Å²) in [7, 11) is 0. The molecule has 2 aliphatic rings. The van der Waals surface area contributed by atoms with Crippen LogP contribution in [-0.2, 0) is 24.4 Å². The molecule has 2 aromatic rings. The summed E-state index contributed by atoms with van der Waals surface area (Å²) in [5.41, 5.74) is 0.568. The Hall–Kier alpha value is -2.38. The van der Waals surface area contributed by atoms with E-state index in [0.29, 0.717) is 6.54 Å². The molecular weight excluding hydrogens is 415 g/mol. The lowest BCUT2D eigenvalue weighted by molar-refractivity contribution is -0.218. The van der Waals surface area contributed by atoms with Crippen LogP contribution in [0.2, 0.25) is 0 Å². The third kappa shape index (κ3) is 5.15. The summed E-state index contributed by atoms with van der Waals surface area (Å²) < 4.78 is 42.2. The summed E-state index contributed by atoms with van der Waals surface area (Å²) in [5.74, 6) is -0.929. The number of nitrogens with one attached hydrogen (secondary N) is 1. The van der Waals surface area contributed by atoms with Gasteiger partial charge in [0, 0.05) is 26.2 Å². The van der Waals surface area contributed by atoms with Crippen molar-refractivity contribution in [3.8, 4) is 0 Å². The Morgan fingerprint density at radius 3 is 2.09 bits per heavy atom. The summed E-state index contributed by atoms with van der Waals surface area (Å²) in [4.78, 5) is 16.9. The number of benzene rings is 2. The van der Waals surface area contributed by atoms with Gasteiger partial charge < -0.3 is 5.32 Å². The Morgan fingerprint density at radius 1 is 0.844 bits per heavy atom. The number of nitrogens with zero attached hydrogens (tertiary/aromatic N) is 2. The van der Waals surface area contributed by atoms with Gasteiger partial charge in [-0.25, -0.2) is 0 Å². The van der Waals surface area contributed by atoms with Crippen molar-refractivity contribution in [2.24, 2.45) is 5.41 Å². The third-order valence-electron chi connectivity index (χ3n) is 6.66. The first-order chi connectivity index (χ1) is 15.4. The maximum absolute atomic E-state index is 14.1. The molecule has 2 heterocycles. The molecule has 1 atom stereocenters. The lowest BCUT2D eigenvalue weighted by atomic mass is 9.85. The molecule has 0 spiro atoms. The number of carbonyl (C=O) groups excluding carboxylic acids is 1. The summed E-state index contributed by atoms with van der Waals surface area (Å²) in [6.45, 7) is 3.54. The second-order valence-electron chi connectivity index (χ2n) is 9.01. The van der Waals surface area contributed by atoms with E-state index in [9.17, 15) is 18.0 Å². The number of hydrogen-bond acceptors (Lipinski definition) is 3. The van der Waals surface area contributed by atoms with Crippen molar-refractivity contribution in [1.82, 2.24) is 15.1 Å². The molecule has 7 heteroatoms. The van der Waals surface area contributed by atoms with Gasteiger partial charge in [0.15, 0.2) is 5.41 Å². The molecule has 1 amide bonds. The highest BCUT2D eigenvalue weighted by Gasteiger charge is 2.62. The fourth-order valence-corrected chi connectivity index (χ4v) is 4.72. The number of rotatable bonds is 7. The number of halogens is 3. The van der Waals surface area contributed by atoms with E-state index in [0.717, 1.165) is 30.8 Å². The minimum Gasteiger partial charge on any atom is -0.351 e. The average molecular weight is 446 g/mol. The molecular formula is C25H30F3N3O. The van der Waals surface area contributed by atoms with Gasteiger partial charge in [-0.1, -0.05) is 54.6 Å². The molecule has 0 aromatic heterocycles. The summed E-state index contributed by atoms with van der Waals surface area (Å²) in [6.07, 6.45) is -2.35. The lowest BCUT2D eigenvalue weighted by Gasteiger charge is -2.30. The molecule has 4 nitrogen and oxygen atoms in total. The predicted molar refractivity (Wildman–Crippen MR) is 118 cm³/mol. The largest absolute Gasteiger partial charge is 0.404 e. The first-order valence-corrected chi connectivity index (χ1v) is 11.3. The Kier molecular flexibility index (Phi) is 6.86. The van der Waals surface area contributed by atoms with Crippen molar-refractivity contribution in [3.05, 3.63) is 71.3 Å². The highest BCUT2D eigenvalue weighted by atomic mass is 19.4. The van der Waals surface area contributed by atoms with Gasteiger partial charge in [0.1, 0.15) is 0 Å². The van der Waals surface area contributed by atoms with Gasteiger partial charge in [0.25, 0.3) is 0 Å². The molecule has 1 unspecified atom stereocenters. The maximum Gasteiger partial charge on any atom is 0.404 e. The number of carbonyl (C=O) groups is 1. The molecule has 2 aromatic carbocycles. The highest BCUT2D eigenvalue weighted by Crippen LogP contribution is 2.46. The minimum atomic E-state index is -4.60. The van der Waals surface area contributed by atoms with Crippen molar-refractivity contribution in [2.75, 3.05) is 26.2 Å². The molecule has 0 saturated carbocycles. The van der Waals surface area contributed by atoms with Crippen LogP contribution in [0.4, 0.5) is 13.2 Å². The Balaban J connectivity index is 1.36. The van der Waals surface area contributed by atoms with E-state index in [2.05, 4.69) is 10.2 Å². The van der Waals surface area contributed by atoms with Crippen LogP contribution in [0.15, 0.2) is 54.6 Å². The van der Waals surface area contributed by atoms with Crippen molar-refractivity contribution in [2.45, 2.75) is 45.1 Å². The second kappa shape index (κ2) is 9.63. The Morgan fingerprint density at radius 2 is 1.44 bits per heavy atom. The van der Waals surface area contributed by atoms with Crippen molar-refractivity contribution >= 4 is 5.91 Å². The molecule has 172 valence electrons. The van der Waals surface area contributed by atoms with E-state index in [4.69, 9.17) is 0 Å². The average Bonchev–Trinajstić information content (AvgIpc) is 3.44. The zero-order valence-corrected chi connectivity index (χ0v) is 18.2. The van der Waals surface area contributed by atoms with E-state index in [1.807, 2.05) is 54.6 Å². The van der Waals surface area contributed by atoms with Gasteiger partial charge in [0.05, 0.1) is 0 Å². The van der Waals surface area contributed by atoms with Crippen LogP contribution in [-0.4, -0.2) is 48.1 Å². The summed E-state index contributed by atoms with van der Waals surface area (Å²) >= 11 is 0. The molecule has 2 aliphatic heterocycles. The SMILES string of the molecule is O=C(NCc1ccc(CN2CCCC2)cc1)C1(C(F)(F)F)CCN(Cc2ccccc2)C1. The number of likely N-dealkylation sites (tertiary alicyclic amines) is 2. The molecule has 0 aliphatic carbocycles. The maximum atomic E-state index is 14.1. The molecule has 0 radical (unpaired) electrons. The third-order valence-corrected chi connectivity index (χ3v) is 6.66. The van der Waals surface area contributed by atoms with Crippen molar-refractivity contribution in [1.29, 1.82) is 0 Å². The monoisotopic (exact) mass is 445 g/mol. The van der Waals surface area contributed by atoms with Crippen LogP contribution in [0.5, 0.6) is 0 Å². The Labute approximate surface area is 187 Å². The normalized spacial score (nSPS) is 22.3. The van der Waals surface area contributed by atoms with E-state index >= 15 is 0 Å². The number of amides is 1. The van der Waals surface area contributed by atoms with Crippen LogP contribution in [0.25, 0.3) is 0 Å². The van der Waals surface area contributed by atoms with Crippen molar-refractivity contribution < 1.29 is 18.0 Å². The molecule has 4 rings (SSSR count). The highest BCUT2D eigenvalue weighted by molar-refractivity contribution is 5.84. The topological polar surface area (TPSA) is 35.6 Å². The first kappa shape index (κ1) is 22.8. The van der Waals surface area contributed by atoms with E-state index in [-0.39, 0.29) is 26.1 Å². The molecule has 1 N–H and O–H groups in total. The van der Waals surface area contributed by atoms with Gasteiger partial charge >= 0.3 is 6.18 Å². The van der Waals surface area contributed by atoms with Crippen LogP contribution < -0.4 is 5.32 Å². The van der Waals surface area contributed by atoms with Crippen molar-refractivity contribution in [3.63, 3.8) is 0 Å². The molecule has 2 fully saturated rings. The lowest BCUT2D eigenvalue weighted by Crippen LogP contribution is -2.52. The zero-order valence-electron chi connectivity index (χ0n) is 18.2. The second-order valence-corrected chi connectivity index (χ2v) is 9.01. The van der Waals surface area contributed by atoms with Gasteiger partial charge in [-0.05, 0) is 55.6 Å².